The smallest absolute Gasteiger partial charge is 0.412 e. The number of hydrogen-bond acceptors (Lipinski definition) is 4. The van der Waals surface area contributed by atoms with Crippen molar-refractivity contribution in [2.45, 2.75) is 43.6 Å². The van der Waals surface area contributed by atoms with Crippen molar-refractivity contribution in [1.82, 2.24) is 9.80 Å². The van der Waals surface area contributed by atoms with Crippen LogP contribution in [0.25, 0.3) is 0 Å². The second kappa shape index (κ2) is 12.8. The van der Waals surface area contributed by atoms with Crippen LogP contribution in [0.4, 0.5) is 14.9 Å². The largest absolute Gasteiger partial charge is 0.438 e. The van der Waals surface area contributed by atoms with E-state index in [4.69, 9.17) is 27.9 Å². The summed E-state index contributed by atoms with van der Waals surface area (Å²) in [6.45, 7) is 2.80. The number of likely N-dealkylation sites (N-methyl/N-ethyl adjacent to an activating group) is 1. The number of hydrogen-bond donors (Lipinski definition) is 1. The summed E-state index contributed by atoms with van der Waals surface area (Å²) in [5.74, 6) is -0.642. The van der Waals surface area contributed by atoms with E-state index in [1.54, 1.807) is 23.1 Å². The maximum atomic E-state index is 14.1. The minimum Gasteiger partial charge on any atom is -0.438 e. The van der Waals surface area contributed by atoms with Crippen molar-refractivity contribution in [2.24, 2.45) is 0 Å². The molecule has 1 N–H and O–H groups in total. The Labute approximate surface area is 250 Å². The van der Waals surface area contributed by atoms with E-state index in [2.05, 4.69) is 22.3 Å². The van der Waals surface area contributed by atoms with Crippen LogP contribution < -0.4 is 5.32 Å². The molecule has 1 atom stereocenters. The van der Waals surface area contributed by atoms with Gasteiger partial charge in [-0.3, -0.25) is 10.1 Å². The van der Waals surface area contributed by atoms with Gasteiger partial charge in [-0.25, -0.2) is 9.18 Å². The highest BCUT2D eigenvalue weighted by molar-refractivity contribution is 6.42. The van der Waals surface area contributed by atoms with Gasteiger partial charge >= 0.3 is 6.09 Å². The Hall–Kier alpha value is -3.13. The third-order valence-corrected chi connectivity index (χ3v) is 8.97. The second-order valence-electron chi connectivity index (χ2n) is 10.9. The van der Waals surface area contributed by atoms with Crippen LogP contribution in [0.1, 0.15) is 48.3 Å². The highest BCUT2D eigenvalue weighted by Gasteiger charge is 2.44. The van der Waals surface area contributed by atoms with Crippen LogP contribution in [0.3, 0.4) is 0 Å². The Kier molecular flexibility index (Phi) is 9.17. The molecule has 0 bridgehead atoms. The van der Waals surface area contributed by atoms with E-state index in [0.29, 0.717) is 60.2 Å². The number of fused-ring (bicyclic) bond motifs is 2. The van der Waals surface area contributed by atoms with Gasteiger partial charge in [0.1, 0.15) is 11.4 Å². The number of anilines is 1. The number of carbonyl (C=O) groups is 2. The van der Waals surface area contributed by atoms with Crippen LogP contribution in [0.5, 0.6) is 0 Å². The molecule has 3 aromatic carbocycles. The molecule has 2 amide bonds. The molecule has 6 nitrogen and oxygen atoms in total. The monoisotopic (exact) mass is 597 g/mol. The molecule has 9 heteroatoms. The van der Waals surface area contributed by atoms with Gasteiger partial charge in [-0.05, 0) is 67.3 Å². The summed E-state index contributed by atoms with van der Waals surface area (Å²) in [4.78, 5) is 30.0. The number of piperidine rings is 1. The van der Waals surface area contributed by atoms with Crippen molar-refractivity contribution in [2.75, 3.05) is 38.5 Å². The number of ether oxygens (including phenoxy) is 1. The Morgan fingerprint density at radius 1 is 1.07 bits per heavy atom. The maximum Gasteiger partial charge on any atom is 0.412 e. The normalized spacial score (nSPS) is 16.9. The van der Waals surface area contributed by atoms with Gasteiger partial charge in [0.25, 0.3) is 0 Å². The van der Waals surface area contributed by atoms with E-state index in [1.807, 2.05) is 31.3 Å². The standard InChI is InChI=1S/C32H34Cl2FN3O3/c1-37(17-13-22-6-3-2-4-7-22)30(39)25(23-9-11-27(33)28(34)20-23)8-5-16-38-18-14-32(15-19-38)26-21-24(35)10-12-29(26)36-31(40)41-32/h2-4,6-7,9-12,20-21,25H,5,8,13-19H2,1H3,(H,36,40). The summed E-state index contributed by atoms with van der Waals surface area (Å²) < 4.78 is 19.8. The van der Waals surface area contributed by atoms with Crippen LogP contribution in [0.2, 0.25) is 10.0 Å². The van der Waals surface area contributed by atoms with Crippen molar-refractivity contribution in [3.05, 3.63) is 99.3 Å². The van der Waals surface area contributed by atoms with Crippen molar-refractivity contribution in [1.29, 1.82) is 0 Å². The minimum absolute atomic E-state index is 0.0529. The summed E-state index contributed by atoms with van der Waals surface area (Å²) in [5.41, 5.74) is 2.52. The van der Waals surface area contributed by atoms with Gasteiger partial charge in [-0.15, -0.1) is 0 Å². The molecule has 0 saturated carbocycles. The molecule has 1 saturated heterocycles. The molecule has 1 unspecified atom stereocenters. The van der Waals surface area contributed by atoms with E-state index >= 15 is 0 Å². The van der Waals surface area contributed by atoms with Crippen molar-refractivity contribution >= 4 is 40.9 Å². The molecule has 0 radical (unpaired) electrons. The first-order valence-electron chi connectivity index (χ1n) is 14.0. The number of amides is 2. The van der Waals surface area contributed by atoms with Gasteiger partial charge in [0.05, 0.1) is 21.7 Å². The van der Waals surface area contributed by atoms with Crippen molar-refractivity contribution < 1.29 is 18.7 Å². The molecule has 1 fully saturated rings. The fraction of sp³-hybridized carbons (Fsp3) is 0.375. The molecule has 2 aliphatic heterocycles. The van der Waals surface area contributed by atoms with Gasteiger partial charge in [-0.1, -0.05) is 59.6 Å². The number of nitrogens with one attached hydrogen (secondary N) is 1. The lowest BCUT2D eigenvalue weighted by Crippen LogP contribution is -2.48. The molecule has 1 spiro atoms. The average Bonchev–Trinajstić information content (AvgIpc) is 2.97. The van der Waals surface area contributed by atoms with Crippen LogP contribution in [-0.4, -0.2) is 55.0 Å². The molecule has 0 aliphatic carbocycles. The van der Waals surface area contributed by atoms with Crippen LogP contribution in [0, 0.1) is 5.82 Å². The Balaban J connectivity index is 1.21. The zero-order chi connectivity index (χ0) is 29.0. The summed E-state index contributed by atoms with van der Waals surface area (Å²) in [6, 6.07) is 20.0. The van der Waals surface area contributed by atoms with E-state index in [0.717, 1.165) is 24.9 Å². The number of halogens is 3. The molecule has 216 valence electrons. The van der Waals surface area contributed by atoms with E-state index < -0.39 is 11.7 Å². The maximum absolute atomic E-state index is 14.1. The molecule has 2 heterocycles. The number of carbonyl (C=O) groups excluding carboxylic acids is 2. The molecule has 2 aliphatic rings. The predicted molar refractivity (Wildman–Crippen MR) is 160 cm³/mol. The zero-order valence-electron chi connectivity index (χ0n) is 23.0. The number of nitrogens with zero attached hydrogens (tertiary/aromatic N) is 2. The van der Waals surface area contributed by atoms with Gasteiger partial charge in [0.15, 0.2) is 0 Å². The van der Waals surface area contributed by atoms with Gasteiger partial charge < -0.3 is 14.5 Å². The summed E-state index contributed by atoms with van der Waals surface area (Å²) in [5, 5.41) is 3.58. The van der Waals surface area contributed by atoms with E-state index in [-0.39, 0.29) is 17.6 Å². The molecule has 0 aromatic heterocycles. The molecule has 3 aromatic rings. The van der Waals surface area contributed by atoms with Gasteiger partial charge in [-0.2, -0.15) is 0 Å². The van der Waals surface area contributed by atoms with Crippen molar-refractivity contribution in [3.63, 3.8) is 0 Å². The molecule has 41 heavy (non-hydrogen) atoms. The lowest BCUT2D eigenvalue weighted by atomic mass is 9.82. The summed E-state index contributed by atoms with van der Waals surface area (Å²) in [7, 11) is 1.85. The molecular weight excluding hydrogens is 564 g/mol. The van der Waals surface area contributed by atoms with Crippen molar-refractivity contribution in [3.8, 4) is 0 Å². The lowest BCUT2D eigenvalue weighted by molar-refractivity contribution is -0.131. The third kappa shape index (κ3) is 6.85. The van der Waals surface area contributed by atoms with Crippen LogP contribution >= 0.6 is 23.2 Å². The first-order valence-corrected chi connectivity index (χ1v) is 14.8. The topological polar surface area (TPSA) is 61.9 Å². The summed E-state index contributed by atoms with van der Waals surface area (Å²) >= 11 is 12.5. The number of likely N-dealkylation sites (tertiary alicyclic amines) is 1. The quantitative estimate of drug-likeness (QED) is 0.282. The fourth-order valence-electron chi connectivity index (χ4n) is 5.88. The predicted octanol–water partition coefficient (Wildman–Crippen LogP) is 7.25. The van der Waals surface area contributed by atoms with E-state index in [9.17, 15) is 14.0 Å². The minimum atomic E-state index is -0.823. The number of benzene rings is 3. The molecular formula is C32H34Cl2FN3O3. The highest BCUT2D eigenvalue weighted by atomic mass is 35.5. The first-order chi connectivity index (χ1) is 19.7. The number of rotatable bonds is 9. The van der Waals surface area contributed by atoms with E-state index in [1.165, 1.54) is 17.7 Å². The average molecular weight is 599 g/mol. The van der Waals surface area contributed by atoms with Crippen LogP contribution in [-0.2, 0) is 21.6 Å². The first kappa shape index (κ1) is 29.4. The van der Waals surface area contributed by atoms with Gasteiger partial charge in [0.2, 0.25) is 5.91 Å². The SMILES string of the molecule is CN(CCc1ccccc1)C(=O)C(CCCN1CCC2(CC1)OC(=O)Nc1ccc(F)cc12)c1ccc(Cl)c(Cl)c1. The zero-order valence-corrected chi connectivity index (χ0v) is 24.6. The summed E-state index contributed by atoms with van der Waals surface area (Å²) in [6.07, 6.45) is 2.88. The van der Waals surface area contributed by atoms with Gasteiger partial charge in [0, 0.05) is 45.1 Å². The Bertz CT molecular complexity index is 1400. The Morgan fingerprint density at radius 2 is 1.83 bits per heavy atom. The second-order valence-corrected chi connectivity index (χ2v) is 11.7. The highest BCUT2D eigenvalue weighted by Crippen LogP contribution is 2.44. The molecule has 5 rings (SSSR count). The Morgan fingerprint density at radius 3 is 2.56 bits per heavy atom. The fourth-order valence-corrected chi connectivity index (χ4v) is 6.18. The van der Waals surface area contributed by atoms with Crippen LogP contribution in [0.15, 0.2) is 66.7 Å². The lowest BCUT2D eigenvalue weighted by Gasteiger charge is -2.44. The third-order valence-electron chi connectivity index (χ3n) is 8.23.